The lowest BCUT2D eigenvalue weighted by Crippen LogP contribution is -2.05. The Balaban J connectivity index is 1.83. The third-order valence-corrected chi connectivity index (χ3v) is 5.46. The summed E-state index contributed by atoms with van der Waals surface area (Å²) in [7, 11) is 0. The molecule has 0 bridgehead atoms. The van der Waals surface area contributed by atoms with Gasteiger partial charge in [-0.1, -0.05) is 52.3 Å². The first-order valence-corrected chi connectivity index (χ1v) is 10.4. The van der Waals surface area contributed by atoms with Crippen molar-refractivity contribution in [3.63, 3.8) is 0 Å². The fraction of sp³-hybridized carbons (Fsp3) is 0.0400. The minimum absolute atomic E-state index is 0.00925. The highest BCUT2D eigenvalue weighted by atomic mass is 79.9. The van der Waals surface area contributed by atoms with Crippen molar-refractivity contribution < 1.29 is 9.72 Å². The standard InChI is InChI=1S/C25H17BrN2O3/c1-16-24(23(29)14-9-17-7-11-20(12-8-17)28(30)31)25(18-5-3-2-4-6-18)21-15-19(26)10-13-22(21)27-16/h2-15H,1H3/b14-9+. The van der Waals surface area contributed by atoms with E-state index in [-0.39, 0.29) is 11.5 Å². The zero-order valence-electron chi connectivity index (χ0n) is 16.6. The first-order chi connectivity index (χ1) is 14.9. The highest BCUT2D eigenvalue weighted by Crippen LogP contribution is 2.35. The minimum atomic E-state index is -0.451. The lowest BCUT2D eigenvalue weighted by atomic mass is 9.92. The average Bonchev–Trinajstić information content (AvgIpc) is 2.77. The van der Waals surface area contributed by atoms with Crippen LogP contribution in [0.1, 0.15) is 21.6 Å². The van der Waals surface area contributed by atoms with Crippen LogP contribution in [0.25, 0.3) is 28.1 Å². The number of allylic oxidation sites excluding steroid dienone is 1. The van der Waals surface area contributed by atoms with Gasteiger partial charge in [0.2, 0.25) is 0 Å². The van der Waals surface area contributed by atoms with Crippen molar-refractivity contribution in [2.24, 2.45) is 0 Å². The Bertz CT molecular complexity index is 1330. The lowest BCUT2D eigenvalue weighted by Gasteiger charge is -2.14. The van der Waals surface area contributed by atoms with Gasteiger partial charge >= 0.3 is 0 Å². The van der Waals surface area contributed by atoms with Crippen molar-refractivity contribution >= 4 is 44.4 Å². The van der Waals surface area contributed by atoms with E-state index >= 15 is 0 Å². The third-order valence-electron chi connectivity index (χ3n) is 4.97. The number of pyridine rings is 1. The molecule has 152 valence electrons. The summed E-state index contributed by atoms with van der Waals surface area (Å²) in [5, 5.41) is 11.7. The molecule has 0 aliphatic heterocycles. The van der Waals surface area contributed by atoms with E-state index < -0.39 is 4.92 Å². The molecule has 0 radical (unpaired) electrons. The van der Waals surface area contributed by atoms with Gasteiger partial charge < -0.3 is 0 Å². The Labute approximate surface area is 187 Å². The molecule has 0 amide bonds. The number of carbonyl (C=O) groups excluding carboxylic acids is 1. The van der Waals surface area contributed by atoms with E-state index in [1.54, 1.807) is 18.2 Å². The summed E-state index contributed by atoms with van der Waals surface area (Å²) in [4.78, 5) is 28.3. The topological polar surface area (TPSA) is 73.1 Å². The summed E-state index contributed by atoms with van der Waals surface area (Å²) >= 11 is 3.52. The first-order valence-electron chi connectivity index (χ1n) is 9.56. The predicted molar refractivity (Wildman–Crippen MR) is 126 cm³/mol. The zero-order chi connectivity index (χ0) is 22.0. The van der Waals surface area contributed by atoms with Crippen molar-refractivity contribution in [1.82, 2.24) is 4.98 Å². The van der Waals surface area contributed by atoms with Gasteiger partial charge in [0.25, 0.3) is 5.69 Å². The second-order valence-corrected chi connectivity index (χ2v) is 7.94. The Morgan fingerprint density at radius 1 is 1.03 bits per heavy atom. The van der Waals surface area contributed by atoms with Crippen LogP contribution in [0.5, 0.6) is 0 Å². The fourth-order valence-electron chi connectivity index (χ4n) is 3.53. The number of benzene rings is 3. The average molecular weight is 473 g/mol. The molecule has 0 spiro atoms. The van der Waals surface area contributed by atoms with Gasteiger partial charge in [-0.25, -0.2) is 0 Å². The number of nitrogens with zero attached hydrogens (tertiary/aromatic N) is 2. The number of hydrogen-bond donors (Lipinski definition) is 0. The second-order valence-electron chi connectivity index (χ2n) is 7.02. The van der Waals surface area contributed by atoms with Gasteiger partial charge in [-0.15, -0.1) is 0 Å². The number of carbonyl (C=O) groups is 1. The number of halogens is 1. The number of nitro benzene ring substituents is 1. The molecule has 6 heteroatoms. The van der Waals surface area contributed by atoms with Crippen molar-refractivity contribution in [1.29, 1.82) is 0 Å². The van der Waals surface area contributed by atoms with E-state index in [0.29, 0.717) is 16.8 Å². The first kappa shape index (κ1) is 20.6. The number of fused-ring (bicyclic) bond motifs is 1. The number of aryl methyl sites for hydroxylation is 1. The fourth-order valence-corrected chi connectivity index (χ4v) is 3.89. The van der Waals surface area contributed by atoms with Gasteiger partial charge in [-0.2, -0.15) is 0 Å². The molecule has 1 heterocycles. The molecule has 0 N–H and O–H groups in total. The minimum Gasteiger partial charge on any atom is -0.289 e. The van der Waals surface area contributed by atoms with Crippen LogP contribution in [0, 0.1) is 17.0 Å². The van der Waals surface area contributed by atoms with Crippen LogP contribution in [-0.2, 0) is 0 Å². The van der Waals surface area contributed by atoms with E-state index in [0.717, 1.165) is 26.5 Å². The van der Waals surface area contributed by atoms with Gasteiger partial charge in [0.1, 0.15) is 0 Å². The van der Waals surface area contributed by atoms with Crippen molar-refractivity contribution in [2.75, 3.05) is 0 Å². The molecule has 0 aliphatic carbocycles. The molecule has 3 aromatic carbocycles. The van der Waals surface area contributed by atoms with E-state index in [2.05, 4.69) is 20.9 Å². The SMILES string of the molecule is Cc1nc2ccc(Br)cc2c(-c2ccccc2)c1C(=O)/C=C/c1ccc([N+](=O)[O-])cc1. The molecule has 1 aromatic heterocycles. The maximum absolute atomic E-state index is 13.3. The Morgan fingerprint density at radius 3 is 2.42 bits per heavy atom. The lowest BCUT2D eigenvalue weighted by molar-refractivity contribution is -0.384. The highest BCUT2D eigenvalue weighted by molar-refractivity contribution is 9.10. The smallest absolute Gasteiger partial charge is 0.269 e. The monoisotopic (exact) mass is 472 g/mol. The summed E-state index contributed by atoms with van der Waals surface area (Å²) in [6, 6.07) is 21.7. The number of nitro groups is 1. The Kier molecular flexibility index (Phi) is 5.73. The molecule has 0 fully saturated rings. The molecular weight excluding hydrogens is 456 g/mol. The number of aromatic nitrogens is 1. The van der Waals surface area contributed by atoms with E-state index in [9.17, 15) is 14.9 Å². The van der Waals surface area contributed by atoms with Gasteiger partial charge in [0.15, 0.2) is 5.78 Å². The maximum atomic E-state index is 13.3. The van der Waals surface area contributed by atoms with Crippen LogP contribution in [0.2, 0.25) is 0 Å². The van der Waals surface area contributed by atoms with Crippen LogP contribution in [-0.4, -0.2) is 15.7 Å². The number of rotatable bonds is 5. The maximum Gasteiger partial charge on any atom is 0.269 e. The molecule has 4 aromatic rings. The van der Waals surface area contributed by atoms with Crippen molar-refractivity contribution in [3.05, 3.63) is 110 Å². The van der Waals surface area contributed by atoms with Crippen LogP contribution >= 0.6 is 15.9 Å². The zero-order valence-corrected chi connectivity index (χ0v) is 18.2. The number of ketones is 1. The second kappa shape index (κ2) is 8.62. The van der Waals surface area contributed by atoms with E-state index in [1.165, 1.54) is 18.2 Å². The number of hydrogen-bond acceptors (Lipinski definition) is 4. The van der Waals surface area contributed by atoms with Crippen molar-refractivity contribution in [2.45, 2.75) is 6.92 Å². The van der Waals surface area contributed by atoms with Gasteiger partial charge in [0.05, 0.1) is 16.0 Å². The quantitative estimate of drug-likeness (QED) is 0.139. The molecule has 5 nitrogen and oxygen atoms in total. The normalized spacial score (nSPS) is 11.2. The molecule has 0 unspecified atom stereocenters. The van der Waals surface area contributed by atoms with Crippen molar-refractivity contribution in [3.8, 4) is 11.1 Å². The predicted octanol–water partition coefficient (Wildman–Crippen LogP) is 6.78. The van der Waals surface area contributed by atoms with Crippen LogP contribution in [0.15, 0.2) is 83.3 Å². The largest absolute Gasteiger partial charge is 0.289 e. The van der Waals surface area contributed by atoms with Gasteiger partial charge in [0, 0.05) is 33.2 Å². The Morgan fingerprint density at radius 2 is 1.74 bits per heavy atom. The Hall–Kier alpha value is -3.64. The van der Waals surface area contributed by atoms with Crippen LogP contribution < -0.4 is 0 Å². The summed E-state index contributed by atoms with van der Waals surface area (Å²) < 4.78 is 0.905. The van der Waals surface area contributed by atoms with Gasteiger partial charge in [-0.05, 0) is 54.5 Å². The van der Waals surface area contributed by atoms with E-state index in [1.807, 2.05) is 55.5 Å². The molecule has 0 atom stereocenters. The van der Waals surface area contributed by atoms with Gasteiger partial charge in [-0.3, -0.25) is 19.9 Å². The van der Waals surface area contributed by atoms with E-state index in [4.69, 9.17) is 0 Å². The molecule has 0 saturated heterocycles. The van der Waals surface area contributed by atoms with Crippen LogP contribution in [0.3, 0.4) is 0 Å². The molecule has 4 rings (SSSR count). The summed E-state index contributed by atoms with van der Waals surface area (Å²) in [6.07, 6.45) is 3.15. The van der Waals surface area contributed by atoms with Crippen LogP contribution in [0.4, 0.5) is 5.69 Å². The summed E-state index contributed by atoms with van der Waals surface area (Å²) in [5.74, 6) is -0.177. The molecule has 0 aliphatic rings. The number of non-ortho nitro benzene ring substituents is 1. The molecule has 0 saturated carbocycles. The third kappa shape index (κ3) is 4.29. The molecule has 31 heavy (non-hydrogen) atoms. The summed E-state index contributed by atoms with van der Waals surface area (Å²) in [6.45, 7) is 1.83. The highest BCUT2D eigenvalue weighted by Gasteiger charge is 2.19. The summed E-state index contributed by atoms with van der Waals surface area (Å²) in [5.41, 5.74) is 4.48. The molecular formula is C25H17BrN2O3.